The van der Waals surface area contributed by atoms with E-state index >= 15 is 0 Å². The van der Waals surface area contributed by atoms with Crippen molar-refractivity contribution in [1.29, 1.82) is 0 Å². The summed E-state index contributed by atoms with van der Waals surface area (Å²) in [5.74, 6) is 0. The van der Waals surface area contributed by atoms with E-state index in [0.717, 1.165) is 4.48 Å². The molecule has 0 heterocycles. The second-order valence-corrected chi connectivity index (χ2v) is 3.80. The Balaban J connectivity index is 2.83. The molecule has 1 radical (unpaired) electrons. The van der Waals surface area contributed by atoms with Gasteiger partial charge < -0.3 is 5.11 Å². The van der Waals surface area contributed by atoms with Crippen LogP contribution in [0.5, 0.6) is 0 Å². The molecular weight excluding hydrogens is 248 g/mol. The fraction of sp³-hybridized carbons (Fsp3) is 0.167. The summed E-state index contributed by atoms with van der Waals surface area (Å²) in [6, 6.07) is 0. The van der Waals surface area contributed by atoms with Crippen molar-refractivity contribution in [1.82, 2.24) is 0 Å². The molecule has 0 saturated carbocycles. The van der Waals surface area contributed by atoms with Crippen molar-refractivity contribution in [3.63, 3.8) is 0 Å². The van der Waals surface area contributed by atoms with Crippen LogP contribution in [-0.4, -0.2) is 9.62 Å². The van der Waals surface area contributed by atoms with Gasteiger partial charge >= 0.3 is 0 Å². The zero-order chi connectivity index (χ0) is 6.91. The molecule has 3 heteroatoms. The Morgan fingerprint density at radius 3 is 2.44 bits per heavy atom. The molecule has 1 rings (SSSR count). The van der Waals surface area contributed by atoms with Gasteiger partial charge in [0, 0.05) is 10.9 Å². The highest BCUT2D eigenvalue weighted by Gasteiger charge is 2.26. The molecule has 0 saturated heterocycles. The van der Waals surface area contributed by atoms with Gasteiger partial charge in [0.1, 0.15) is 0 Å². The molecule has 0 spiro atoms. The van der Waals surface area contributed by atoms with E-state index in [9.17, 15) is 5.11 Å². The zero-order valence-electron chi connectivity index (χ0n) is 4.51. The lowest BCUT2D eigenvalue weighted by atomic mass is 10.1. The fourth-order valence-corrected chi connectivity index (χ4v) is 1.09. The summed E-state index contributed by atoms with van der Waals surface area (Å²) in [4.78, 5) is 0. The molecule has 0 aromatic rings. The molecule has 0 bridgehead atoms. The summed E-state index contributed by atoms with van der Waals surface area (Å²) < 4.78 is -0.264. The highest BCUT2D eigenvalue weighted by Crippen LogP contribution is 2.34. The number of hydrogen-bond acceptors (Lipinski definition) is 1. The van der Waals surface area contributed by atoms with E-state index in [0.29, 0.717) is 0 Å². The SMILES string of the molecule is OC1(Br)[CH]C=CC=C1Br. The average molecular weight is 253 g/mol. The molecule has 0 aliphatic heterocycles. The van der Waals surface area contributed by atoms with Gasteiger partial charge in [-0.25, -0.2) is 0 Å². The van der Waals surface area contributed by atoms with Gasteiger partial charge in [0.15, 0.2) is 4.51 Å². The molecule has 1 unspecified atom stereocenters. The summed E-state index contributed by atoms with van der Waals surface area (Å²) in [5.41, 5.74) is 0. The first kappa shape index (κ1) is 7.51. The van der Waals surface area contributed by atoms with Gasteiger partial charge in [-0.05, 0) is 22.0 Å². The zero-order valence-corrected chi connectivity index (χ0v) is 7.68. The third-order valence-electron chi connectivity index (χ3n) is 1.01. The first-order chi connectivity index (χ1) is 4.13. The van der Waals surface area contributed by atoms with Crippen LogP contribution in [-0.2, 0) is 0 Å². The third kappa shape index (κ3) is 1.66. The van der Waals surface area contributed by atoms with Gasteiger partial charge in [-0.3, -0.25) is 0 Å². The van der Waals surface area contributed by atoms with Crippen LogP contribution < -0.4 is 0 Å². The maximum absolute atomic E-state index is 9.34. The van der Waals surface area contributed by atoms with Crippen molar-refractivity contribution in [2.24, 2.45) is 0 Å². The minimum absolute atomic E-state index is 0.720. The summed E-state index contributed by atoms with van der Waals surface area (Å²) >= 11 is 6.28. The van der Waals surface area contributed by atoms with Gasteiger partial charge in [-0.15, -0.1) is 0 Å². The van der Waals surface area contributed by atoms with E-state index in [1.54, 1.807) is 18.6 Å². The van der Waals surface area contributed by atoms with Crippen LogP contribution >= 0.6 is 31.9 Å². The molecule has 0 aromatic heterocycles. The van der Waals surface area contributed by atoms with Crippen LogP contribution in [0.15, 0.2) is 22.7 Å². The van der Waals surface area contributed by atoms with Crippen molar-refractivity contribution < 1.29 is 5.11 Å². The summed E-state index contributed by atoms with van der Waals surface area (Å²) in [6.07, 6.45) is 7.06. The smallest absolute Gasteiger partial charge is 0.158 e. The second-order valence-electron chi connectivity index (χ2n) is 1.74. The Morgan fingerprint density at radius 1 is 1.44 bits per heavy atom. The predicted molar refractivity (Wildman–Crippen MR) is 44.3 cm³/mol. The second kappa shape index (κ2) is 2.56. The molecule has 1 nitrogen and oxygen atoms in total. The molecule has 9 heavy (non-hydrogen) atoms. The highest BCUT2D eigenvalue weighted by atomic mass is 79.9. The van der Waals surface area contributed by atoms with Gasteiger partial charge in [-0.1, -0.05) is 28.1 Å². The molecule has 1 aliphatic rings. The van der Waals surface area contributed by atoms with Crippen molar-refractivity contribution in [2.45, 2.75) is 4.51 Å². The molecule has 1 aliphatic carbocycles. The van der Waals surface area contributed by atoms with Crippen molar-refractivity contribution >= 4 is 31.9 Å². The van der Waals surface area contributed by atoms with Gasteiger partial charge in [0.2, 0.25) is 0 Å². The fourth-order valence-electron chi connectivity index (χ4n) is 0.520. The number of allylic oxidation sites excluding steroid dienone is 2. The van der Waals surface area contributed by atoms with Crippen LogP contribution in [0.25, 0.3) is 0 Å². The number of halogens is 2. The average Bonchev–Trinajstić information content (AvgIpc) is 1.77. The maximum Gasteiger partial charge on any atom is 0.158 e. The summed E-state index contributed by atoms with van der Waals surface area (Å²) in [7, 11) is 0. The molecule has 1 N–H and O–H groups in total. The number of aliphatic hydroxyl groups is 1. The molecule has 1 atom stereocenters. The Bertz CT molecular complexity index is 170. The molecular formula is C6H5Br2O. The van der Waals surface area contributed by atoms with Gasteiger partial charge in [0.25, 0.3) is 0 Å². The van der Waals surface area contributed by atoms with Gasteiger partial charge in [-0.2, -0.15) is 0 Å². The van der Waals surface area contributed by atoms with Crippen molar-refractivity contribution in [2.75, 3.05) is 0 Å². The normalized spacial score (nSPS) is 34.3. The number of hydrogen-bond donors (Lipinski definition) is 1. The molecule has 0 amide bonds. The van der Waals surface area contributed by atoms with Gasteiger partial charge in [0.05, 0.1) is 0 Å². The minimum atomic E-state index is -0.984. The summed E-state index contributed by atoms with van der Waals surface area (Å²) in [6.45, 7) is 0. The lowest BCUT2D eigenvalue weighted by molar-refractivity contribution is 0.229. The van der Waals surface area contributed by atoms with E-state index in [1.165, 1.54) is 0 Å². The van der Waals surface area contributed by atoms with Crippen molar-refractivity contribution in [3.05, 3.63) is 29.1 Å². The Hall–Kier alpha value is 0.400. The van der Waals surface area contributed by atoms with Crippen LogP contribution in [0, 0.1) is 6.42 Å². The maximum atomic E-state index is 9.34. The number of rotatable bonds is 0. The molecule has 49 valence electrons. The lowest BCUT2D eigenvalue weighted by Gasteiger charge is -2.20. The lowest BCUT2D eigenvalue weighted by Crippen LogP contribution is -2.20. The van der Waals surface area contributed by atoms with Crippen molar-refractivity contribution in [3.8, 4) is 0 Å². The monoisotopic (exact) mass is 251 g/mol. The van der Waals surface area contributed by atoms with E-state index < -0.39 is 4.51 Å². The molecule has 0 fully saturated rings. The predicted octanol–water partition coefficient (Wildman–Crippen LogP) is 2.12. The van der Waals surface area contributed by atoms with E-state index in [-0.39, 0.29) is 0 Å². The minimum Gasteiger partial charge on any atom is -0.373 e. The van der Waals surface area contributed by atoms with E-state index in [2.05, 4.69) is 31.9 Å². The van der Waals surface area contributed by atoms with Crippen LogP contribution in [0.1, 0.15) is 0 Å². The topological polar surface area (TPSA) is 20.2 Å². The number of alkyl halides is 1. The van der Waals surface area contributed by atoms with Crippen LogP contribution in [0.4, 0.5) is 0 Å². The Labute approximate surface area is 70.7 Å². The van der Waals surface area contributed by atoms with E-state index in [4.69, 9.17) is 0 Å². The molecule has 0 aromatic carbocycles. The first-order valence-corrected chi connectivity index (χ1v) is 4.01. The van der Waals surface area contributed by atoms with E-state index in [1.807, 2.05) is 6.08 Å². The first-order valence-electron chi connectivity index (χ1n) is 2.43. The quantitative estimate of drug-likeness (QED) is 0.655. The standard InChI is InChI=1S/C6H5Br2O/c7-5-3-1-2-4-6(5,8)9/h1-4,9H. The van der Waals surface area contributed by atoms with Crippen LogP contribution in [0.2, 0.25) is 0 Å². The third-order valence-corrected chi connectivity index (χ3v) is 3.10. The largest absolute Gasteiger partial charge is 0.373 e. The highest BCUT2D eigenvalue weighted by molar-refractivity contribution is 9.14. The Kier molecular flexibility index (Phi) is 2.14. The van der Waals surface area contributed by atoms with Crippen LogP contribution in [0.3, 0.4) is 0 Å². The Morgan fingerprint density at radius 2 is 2.11 bits per heavy atom. The summed E-state index contributed by atoms with van der Waals surface area (Å²) in [5, 5.41) is 9.34.